The molecule has 1 saturated heterocycles. The van der Waals surface area contributed by atoms with Crippen LogP contribution in [-0.4, -0.2) is 37.1 Å². The van der Waals surface area contributed by atoms with Gasteiger partial charge in [0.2, 0.25) is 0 Å². The van der Waals surface area contributed by atoms with Crippen LogP contribution >= 0.6 is 0 Å². The number of rotatable bonds is 6. The summed E-state index contributed by atoms with van der Waals surface area (Å²) in [5, 5.41) is 3.51. The van der Waals surface area contributed by atoms with E-state index in [0.717, 1.165) is 12.0 Å². The van der Waals surface area contributed by atoms with Crippen molar-refractivity contribution in [2.24, 2.45) is 11.3 Å². The van der Waals surface area contributed by atoms with Crippen molar-refractivity contribution in [3.63, 3.8) is 0 Å². The lowest BCUT2D eigenvalue weighted by atomic mass is 9.80. The minimum Gasteiger partial charge on any atom is -0.317 e. The highest BCUT2D eigenvalue weighted by Crippen LogP contribution is 2.33. The van der Waals surface area contributed by atoms with Crippen molar-refractivity contribution >= 4 is 0 Å². The Bertz CT molecular complexity index is 250. The number of nitrogens with zero attached hydrogens (tertiary/aromatic N) is 1. The second kappa shape index (κ2) is 7.08. The number of hydrogen-bond donors (Lipinski definition) is 1. The fourth-order valence-electron chi connectivity index (χ4n) is 3.76. The van der Waals surface area contributed by atoms with Crippen LogP contribution in [-0.2, 0) is 0 Å². The minimum atomic E-state index is 0.560. The molecular formula is C17H34N2. The van der Waals surface area contributed by atoms with Crippen LogP contribution in [0.5, 0.6) is 0 Å². The van der Waals surface area contributed by atoms with Crippen LogP contribution in [0.1, 0.15) is 65.7 Å². The van der Waals surface area contributed by atoms with Crippen molar-refractivity contribution in [2.75, 3.05) is 26.2 Å². The second-order valence-corrected chi connectivity index (χ2v) is 7.65. The molecule has 0 spiro atoms. The Kier molecular flexibility index (Phi) is 5.70. The molecule has 0 aromatic carbocycles. The number of nitrogens with one attached hydrogen (secondary N) is 1. The van der Waals surface area contributed by atoms with Crippen molar-refractivity contribution in [3.8, 4) is 0 Å². The van der Waals surface area contributed by atoms with Crippen molar-refractivity contribution in [1.29, 1.82) is 0 Å². The van der Waals surface area contributed by atoms with Gasteiger partial charge in [-0.1, -0.05) is 33.6 Å². The lowest BCUT2D eigenvalue weighted by Gasteiger charge is -2.41. The Morgan fingerprint density at radius 1 is 1.16 bits per heavy atom. The Morgan fingerprint density at radius 3 is 2.37 bits per heavy atom. The van der Waals surface area contributed by atoms with Crippen molar-refractivity contribution < 1.29 is 0 Å². The molecule has 1 aliphatic carbocycles. The summed E-state index contributed by atoms with van der Waals surface area (Å²) < 4.78 is 0. The van der Waals surface area contributed by atoms with Gasteiger partial charge in [0.1, 0.15) is 0 Å². The Labute approximate surface area is 120 Å². The van der Waals surface area contributed by atoms with E-state index in [-0.39, 0.29) is 0 Å². The molecule has 1 aliphatic heterocycles. The fourth-order valence-corrected chi connectivity index (χ4v) is 3.76. The minimum absolute atomic E-state index is 0.560. The predicted octanol–water partition coefficient (Wildman–Crippen LogP) is 3.67. The van der Waals surface area contributed by atoms with Crippen LogP contribution in [0.3, 0.4) is 0 Å². The first kappa shape index (κ1) is 15.3. The van der Waals surface area contributed by atoms with E-state index in [1.165, 1.54) is 71.1 Å². The molecule has 0 aromatic rings. The summed E-state index contributed by atoms with van der Waals surface area (Å²) in [7, 11) is 0. The van der Waals surface area contributed by atoms with Gasteiger partial charge in [-0.2, -0.15) is 0 Å². The summed E-state index contributed by atoms with van der Waals surface area (Å²) in [6.45, 7) is 12.3. The molecular weight excluding hydrogens is 232 g/mol. The Hall–Kier alpha value is -0.0800. The molecule has 2 fully saturated rings. The molecule has 2 nitrogen and oxygen atoms in total. The maximum absolute atomic E-state index is 3.51. The zero-order valence-electron chi connectivity index (χ0n) is 13.4. The molecule has 2 aliphatic rings. The number of hydrogen-bond acceptors (Lipinski definition) is 2. The van der Waals surface area contributed by atoms with Gasteiger partial charge in [0, 0.05) is 12.6 Å². The van der Waals surface area contributed by atoms with E-state index in [2.05, 4.69) is 31.0 Å². The summed E-state index contributed by atoms with van der Waals surface area (Å²) in [6, 6.07) is 0.894. The third-order valence-electron chi connectivity index (χ3n) is 5.23. The van der Waals surface area contributed by atoms with Crippen molar-refractivity contribution in [3.05, 3.63) is 0 Å². The molecule has 0 amide bonds. The SMILES string of the molecule is CC(C)CCN(CC1(C)CCNCC1)C1CCCC1. The second-order valence-electron chi connectivity index (χ2n) is 7.65. The van der Waals surface area contributed by atoms with Gasteiger partial charge in [-0.3, -0.25) is 4.90 Å². The summed E-state index contributed by atoms with van der Waals surface area (Å²) in [4.78, 5) is 2.86. The van der Waals surface area contributed by atoms with Gasteiger partial charge in [-0.15, -0.1) is 0 Å². The van der Waals surface area contributed by atoms with Crippen LogP contribution in [0.4, 0.5) is 0 Å². The molecule has 0 aromatic heterocycles. The summed E-state index contributed by atoms with van der Waals surface area (Å²) in [5.74, 6) is 0.838. The maximum Gasteiger partial charge on any atom is 0.00954 e. The molecule has 2 heteroatoms. The van der Waals surface area contributed by atoms with E-state index in [4.69, 9.17) is 0 Å². The largest absolute Gasteiger partial charge is 0.317 e. The first-order valence-electron chi connectivity index (χ1n) is 8.54. The Balaban J connectivity index is 1.91. The van der Waals surface area contributed by atoms with Crippen LogP contribution in [0, 0.1) is 11.3 Å². The van der Waals surface area contributed by atoms with E-state index >= 15 is 0 Å². The zero-order valence-corrected chi connectivity index (χ0v) is 13.4. The Morgan fingerprint density at radius 2 is 1.79 bits per heavy atom. The van der Waals surface area contributed by atoms with Gasteiger partial charge in [0.25, 0.3) is 0 Å². The normalized spacial score (nSPS) is 24.5. The van der Waals surface area contributed by atoms with E-state index in [0.29, 0.717) is 5.41 Å². The summed E-state index contributed by atoms with van der Waals surface area (Å²) in [6.07, 6.45) is 9.90. The van der Waals surface area contributed by atoms with E-state index in [1.54, 1.807) is 0 Å². The number of piperidine rings is 1. The first-order valence-corrected chi connectivity index (χ1v) is 8.54. The average molecular weight is 266 g/mol. The smallest absolute Gasteiger partial charge is 0.00954 e. The topological polar surface area (TPSA) is 15.3 Å². The van der Waals surface area contributed by atoms with E-state index in [1.807, 2.05) is 0 Å². The summed E-state index contributed by atoms with van der Waals surface area (Å²) >= 11 is 0. The molecule has 1 heterocycles. The van der Waals surface area contributed by atoms with Crippen molar-refractivity contribution in [2.45, 2.75) is 71.8 Å². The monoisotopic (exact) mass is 266 g/mol. The summed E-state index contributed by atoms with van der Waals surface area (Å²) in [5.41, 5.74) is 0.560. The molecule has 19 heavy (non-hydrogen) atoms. The highest BCUT2D eigenvalue weighted by molar-refractivity contribution is 4.87. The average Bonchev–Trinajstić information content (AvgIpc) is 2.89. The van der Waals surface area contributed by atoms with E-state index < -0.39 is 0 Å². The van der Waals surface area contributed by atoms with Crippen LogP contribution in [0.2, 0.25) is 0 Å². The molecule has 0 unspecified atom stereocenters. The molecule has 0 radical (unpaired) electrons. The maximum atomic E-state index is 3.51. The molecule has 2 rings (SSSR count). The third-order valence-corrected chi connectivity index (χ3v) is 5.23. The first-order chi connectivity index (χ1) is 9.09. The van der Waals surface area contributed by atoms with Crippen LogP contribution < -0.4 is 5.32 Å². The fraction of sp³-hybridized carbons (Fsp3) is 1.00. The predicted molar refractivity (Wildman–Crippen MR) is 83.5 cm³/mol. The molecule has 0 bridgehead atoms. The standard InChI is InChI=1S/C17H34N2/c1-15(2)8-13-19(16-6-4-5-7-16)14-17(3)9-11-18-12-10-17/h15-16,18H,4-14H2,1-3H3. The van der Waals surface area contributed by atoms with Crippen LogP contribution in [0.25, 0.3) is 0 Å². The zero-order chi connectivity index (χ0) is 13.7. The van der Waals surface area contributed by atoms with Crippen LogP contribution in [0.15, 0.2) is 0 Å². The van der Waals surface area contributed by atoms with Gasteiger partial charge in [0.05, 0.1) is 0 Å². The molecule has 1 N–H and O–H groups in total. The lowest BCUT2D eigenvalue weighted by Crippen LogP contribution is -2.46. The van der Waals surface area contributed by atoms with E-state index in [9.17, 15) is 0 Å². The van der Waals surface area contributed by atoms with Gasteiger partial charge >= 0.3 is 0 Å². The van der Waals surface area contributed by atoms with Gasteiger partial charge in [-0.25, -0.2) is 0 Å². The third kappa shape index (κ3) is 4.75. The highest BCUT2D eigenvalue weighted by Gasteiger charge is 2.32. The highest BCUT2D eigenvalue weighted by atomic mass is 15.2. The molecule has 112 valence electrons. The quantitative estimate of drug-likeness (QED) is 0.789. The van der Waals surface area contributed by atoms with Gasteiger partial charge < -0.3 is 5.32 Å². The van der Waals surface area contributed by atoms with Crippen molar-refractivity contribution in [1.82, 2.24) is 10.2 Å². The lowest BCUT2D eigenvalue weighted by molar-refractivity contribution is 0.0909. The van der Waals surface area contributed by atoms with Gasteiger partial charge in [-0.05, 0) is 63.1 Å². The molecule has 1 saturated carbocycles. The molecule has 0 atom stereocenters. The van der Waals surface area contributed by atoms with Gasteiger partial charge in [0.15, 0.2) is 0 Å².